The van der Waals surface area contributed by atoms with Crippen LogP contribution < -0.4 is 5.32 Å². The fourth-order valence-electron chi connectivity index (χ4n) is 3.48. The average molecular weight is 386 g/mol. The Morgan fingerprint density at radius 2 is 1.96 bits per heavy atom. The van der Waals surface area contributed by atoms with Crippen molar-refractivity contribution >= 4 is 11.9 Å². The molecule has 5 nitrogen and oxygen atoms in total. The number of carbonyl (C=O) groups is 1. The van der Waals surface area contributed by atoms with Crippen LogP contribution in [0.3, 0.4) is 0 Å². The number of ether oxygens (including phenoxy) is 1. The molecular weight excluding hydrogens is 350 g/mol. The first-order valence-corrected chi connectivity index (χ1v) is 10.6. The molecule has 0 unspecified atom stereocenters. The number of amides is 1. The Labute approximate surface area is 169 Å². The van der Waals surface area contributed by atoms with Crippen molar-refractivity contribution in [1.82, 2.24) is 10.2 Å². The molecule has 3 aliphatic rings. The second-order valence-corrected chi connectivity index (χ2v) is 7.34. The van der Waals surface area contributed by atoms with Gasteiger partial charge >= 0.3 is 0 Å². The quantitative estimate of drug-likeness (QED) is 0.692. The van der Waals surface area contributed by atoms with Crippen LogP contribution in [0, 0.1) is 0 Å². The van der Waals surface area contributed by atoms with Gasteiger partial charge in [0.05, 0.1) is 0 Å². The smallest absolute Gasteiger partial charge is 0.297 e. The SMILES string of the molecule is C=C1/C2=C\CC(/C=C3/OC(=NC(C)C)NC3=O)=C\CCCCN1CCC2.CC. The highest BCUT2D eigenvalue weighted by Crippen LogP contribution is 2.28. The molecule has 0 spiro atoms. The van der Waals surface area contributed by atoms with E-state index in [0.717, 1.165) is 50.8 Å². The van der Waals surface area contributed by atoms with Crippen molar-refractivity contribution in [3.05, 3.63) is 47.4 Å². The zero-order valence-electron chi connectivity index (χ0n) is 17.9. The number of fused-ring (bicyclic) bond motifs is 2. The first-order valence-electron chi connectivity index (χ1n) is 10.6. The van der Waals surface area contributed by atoms with Crippen LogP contribution in [0.2, 0.25) is 0 Å². The number of carbonyl (C=O) groups excluding carboxylic acids is 1. The molecule has 3 aliphatic heterocycles. The van der Waals surface area contributed by atoms with Crippen LogP contribution in [0.1, 0.15) is 66.2 Å². The van der Waals surface area contributed by atoms with Gasteiger partial charge in [0.2, 0.25) is 0 Å². The van der Waals surface area contributed by atoms with Crippen molar-refractivity contribution in [1.29, 1.82) is 0 Å². The van der Waals surface area contributed by atoms with Crippen LogP contribution >= 0.6 is 0 Å². The highest BCUT2D eigenvalue weighted by atomic mass is 16.5. The summed E-state index contributed by atoms with van der Waals surface area (Å²) in [5.74, 6) is 0.105. The summed E-state index contributed by atoms with van der Waals surface area (Å²) in [5, 5.41) is 2.68. The van der Waals surface area contributed by atoms with Crippen molar-refractivity contribution in [2.24, 2.45) is 4.99 Å². The Balaban J connectivity index is 0.00000136. The molecule has 0 saturated carbocycles. The molecule has 0 aromatic carbocycles. The van der Waals surface area contributed by atoms with E-state index in [4.69, 9.17) is 4.74 Å². The number of rotatable bonds is 2. The fourth-order valence-corrected chi connectivity index (χ4v) is 3.48. The van der Waals surface area contributed by atoms with Crippen molar-refractivity contribution in [3.8, 4) is 0 Å². The Bertz CT molecular complexity index is 699. The highest BCUT2D eigenvalue weighted by molar-refractivity contribution is 6.09. The molecule has 154 valence electrons. The molecule has 0 aliphatic carbocycles. The number of nitrogens with one attached hydrogen (secondary N) is 1. The third kappa shape index (κ3) is 6.11. The van der Waals surface area contributed by atoms with E-state index in [-0.39, 0.29) is 11.9 Å². The summed E-state index contributed by atoms with van der Waals surface area (Å²) in [6.07, 6.45) is 12.7. The lowest BCUT2D eigenvalue weighted by Crippen LogP contribution is -2.29. The summed E-state index contributed by atoms with van der Waals surface area (Å²) in [6.45, 7) is 14.4. The number of amidine groups is 1. The molecule has 1 N–H and O–H groups in total. The maximum Gasteiger partial charge on any atom is 0.297 e. The van der Waals surface area contributed by atoms with Crippen LogP contribution in [-0.2, 0) is 9.53 Å². The van der Waals surface area contributed by atoms with Gasteiger partial charge in [0, 0.05) is 24.8 Å². The van der Waals surface area contributed by atoms with Gasteiger partial charge in [-0.3, -0.25) is 10.1 Å². The summed E-state index contributed by atoms with van der Waals surface area (Å²) in [4.78, 5) is 18.8. The van der Waals surface area contributed by atoms with Crippen LogP contribution in [0.5, 0.6) is 0 Å². The predicted octanol–water partition coefficient (Wildman–Crippen LogP) is 4.84. The van der Waals surface area contributed by atoms with E-state index in [1.54, 1.807) is 0 Å². The van der Waals surface area contributed by atoms with Gasteiger partial charge in [-0.1, -0.05) is 32.6 Å². The molecule has 1 amide bonds. The van der Waals surface area contributed by atoms with E-state index < -0.39 is 0 Å². The second-order valence-electron chi connectivity index (χ2n) is 7.34. The summed E-state index contributed by atoms with van der Waals surface area (Å²) < 4.78 is 5.61. The van der Waals surface area contributed by atoms with Gasteiger partial charge in [0.25, 0.3) is 11.9 Å². The second kappa shape index (κ2) is 10.9. The van der Waals surface area contributed by atoms with E-state index in [9.17, 15) is 4.79 Å². The summed E-state index contributed by atoms with van der Waals surface area (Å²) in [5.41, 5.74) is 3.62. The molecule has 0 atom stereocenters. The zero-order chi connectivity index (χ0) is 20.5. The van der Waals surface area contributed by atoms with Gasteiger partial charge in [-0.2, -0.15) is 0 Å². The molecule has 0 aromatic heterocycles. The van der Waals surface area contributed by atoms with E-state index in [0.29, 0.717) is 11.8 Å². The first kappa shape index (κ1) is 22.0. The third-order valence-electron chi connectivity index (χ3n) is 4.84. The Kier molecular flexibility index (Phi) is 8.55. The van der Waals surface area contributed by atoms with E-state index in [1.807, 2.05) is 33.8 Å². The van der Waals surface area contributed by atoms with E-state index in [2.05, 4.69) is 33.9 Å². The molecule has 2 saturated heterocycles. The van der Waals surface area contributed by atoms with Gasteiger partial charge in [-0.25, -0.2) is 4.99 Å². The Morgan fingerprint density at radius 1 is 1.21 bits per heavy atom. The van der Waals surface area contributed by atoms with Crippen LogP contribution in [0.25, 0.3) is 0 Å². The first-order chi connectivity index (χ1) is 13.5. The molecule has 3 rings (SSSR count). The molecular formula is C23H35N3O2. The average Bonchev–Trinajstić information content (AvgIpc) is 3.00. The van der Waals surface area contributed by atoms with Crippen LogP contribution in [0.15, 0.2) is 52.4 Å². The maximum atomic E-state index is 12.1. The van der Waals surface area contributed by atoms with Crippen molar-refractivity contribution in [3.63, 3.8) is 0 Å². The molecule has 0 aromatic rings. The van der Waals surface area contributed by atoms with Crippen molar-refractivity contribution in [2.45, 2.75) is 72.3 Å². The number of hydrogen-bond donors (Lipinski definition) is 1. The fraction of sp³-hybridized carbons (Fsp3) is 0.565. The van der Waals surface area contributed by atoms with Crippen molar-refractivity contribution < 1.29 is 9.53 Å². The number of piperidine rings is 1. The lowest BCUT2D eigenvalue weighted by atomic mass is 9.98. The van der Waals surface area contributed by atoms with E-state index >= 15 is 0 Å². The summed E-state index contributed by atoms with van der Waals surface area (Å²) in [6, 6.07) is 0.370. The number of aliphatic imine (C=N–C) groups is 1. The number of allylic oxidation sites excluding steroid dienone is 5. The highest BCUT2D eigenvalue weighted by Gasteiger charge is 2.25. The minimum absolute atomic E-state index is 0.0752. The van der Waals surface area contributed by atoms with Gasteiger partial charge in [-0.15, -0.1) is 0 Å². The molecule has 2 fully saturated rings. The molecule has 28 heavy (non-hydrogen) atoms. The lowest BCUT2D eigenvalue weighted by Gasteiger charge is -2.33. The minimum atomic E-state index is -0.222. The standard InChI is InChI=1S/C21H29N3O2.C2H6/c1-15(2)22-21-23-20(25)19(26-21)14-17-8-5-4-6-12-24-13-7-9-18(11-10-17)16(24)3;1-2/h8,11,14-15H,3-7,9-10,12-13H2,1-2H3,(H,22,23,25);1-2H3/b17-8+,18-11-,19-14+;. The molecule has 0 radical (unpaired) electrons. The van der Waals surface area contributed by atoms with Crippen LogP contribution in [0.4, 0.5) is 0 Å². The third-order valence-corrected chi connectivity index (χ3v) is 4.84. The van der Waals surface area contributed by atoms with Crippen molar-refractivity contribution in [2.75, 3.05) is 13.1 Å². The predicted molar refractivity (Wildman–Crippen MR) is 116 cm³/mol. The van der Waals surface area contributed by atoms with Gasteiger partial charge in [0.15, 0.2) is 5.76 Å². The number of hydrogen-bond acceptors (Lipinski definition) is 4. The van der Waals surface area contributed by atoms with Gasteiger partial charge < -0.3 is 9.64 Å². The summed E-state index contributed by atoms with van der Waals surface area (Å²) >= 11 is 0. The number of nitrogens with zero attached hydrogens (tertiary/aromatic N) is 2. The molecule has 3 heterocycles. The van der Waals surface area contributed by atoms with Gasteiger partial charge in [0.1, 0.15) is 0 Å². The Morgan fingerprint density at radius 3 is 2.71 bits per heavy atom. The summed E-state index contributed by atoms with van der Waals surface area (Å²) in [7, 11) is 0. The van der Waals surface area contributed by atoms with Gasteiger partial charge in [-0.05, 0) is 69.6 Å². The lowest BCUT2D eigenvalue weighted by molar-refractivity contribution is -0.116. The minimum Gasteiger partial charge on any atom is -0.420 e. The largest absolute Gasteiger partial charge is 0.420 e. The molecule has 5 heteroatoms. The topological polar surface area (TPSA) is 53.9 Å². The van der Waals surface area contributed by atoms with Crippen LogP contribution in [-0.4, -0.2) is 36.0 Å². The maximum absolute atomic E-state index is 12.1. The Hall–Kier alpha value is -2.30. The zero-order valence-corrected chi connectivity index (χ0v) is 17.9. The monoisotopic (exact) mass is 385 g/mol. The van der Waals surface area contributed by atoms with E-state index in [1.165, 1.54) is 17.7 Å². The molecule has 2 bridgehead atoms. The normalized spacial score (nSPS) is 27.1.